The van der Waals surface area contributed by atoms with E-state index in [-0.39, 0.29) is 0 Å². The third kappa shape index (κ3) is 2.68. The molecule has 2 rings (SSSR count). The van der Waals surface area contributed by atoms with Gasteiger partial charge in [0.15, 0.2) is 0 Å². The van der Waals surface area contributed by atoms with Gasteiger partial charge in [0, 0.05) is 5.69 Å². The van der Waals surface area contributed by atoms with Crippen molar-refractivity contribution in [3.63, 3.8) is 0 Å². The van der Waals surface area contributed by atoms with E-state index >= 15 is 0 Å². The van der Waals surface area contributed by atoms with Crippen LogP contribution in [0.5, 0.6) is 0 Å². The maximum atomic E-state index is 5.76. The van der Waals surface area contributed by atoms with Gasteiger partial charge < -0.3 is 5.73 Å². The Balaban J connectivity index is 1.95. The highest BCUT2D eigenvalue weighted by Gasteiger charge is 2.13. The Bertz CT molecular complexity index is 292. The first-order valence-electron chi connectivity index (χ1n) is 5.27. The molecule has 1 aromatic rings. The van der Waals surface area contributed by atoms with Crippen LogP contribution >= 0.6 is 11.8 Å². The van der Waals surface area contributed by atoms with Crippen LogP contribution in [-0.2, 0) is 6.42 Å². The number of hydrogen-bond acceptors (Lipinski definition) is 2. The molecule has 1 aromatic carbocycles. The van der Waals surface area contributed by atoms with E-state index in [1.165, 1.54) is 36.3 Å². The molecule has 0 spiro atoms. The predicted molar refractivity (Wildman–Crippen MR) is 64.6 cm³/mol. The molecule has 0 bridgehead atoms. The predicted octanol–water partition coefficient (Wildman–Crippen LogP) is 2.95. The van der Waals surface area contributed by atoms with Crippen LogP contribution in [0.25, 0.3) is 0 Å². The van der Waals surface area contributed by atoms with Gasteiger partial charge in [0.1, 0.15) is 0 Å². The molecule has 1 aliphatic heterocycles. The lowest BCUT2D eigenvalue weighted by atomic mass is 9.96. The first-order valence-corrected chi connectivity index (χ1v) is 6.42. The minimum atomic E-state index is 0.871. The fourth-order valence-corrected chi connectivity index (χ4v) is 3.18. The topological polar surface area (TPSA) is 26.0 Å². The SMILES string of the molecule is Nc1cccc(CC2CCCSC2)c1. The summed E-state index contributed by atoms with van der Waals surface area (Å²) < 4.78 is 0. The molecule has 76 valence electrons. The van der Waals surface area contributed by atoms with Gasteiger partial charge in [-0.2, -0.15) is 11.8 Å². The molecule has 2 N–H and O–H groups in total. The number of nitrogens with two attached hydrogens (primary N) is 1. The summed E-state index contributed by atoms with van der Waals surface area (Å²) in [4.78, 5) is 0. The van der Waals surface area contributed by atoms with E-state index in [9.17, 15) is 0 Å². The summed E-state index contributed by atoms with van der Waals surface area (Å²) in [7, 11) is 0. The number of hydrogen-bond donors (Lipinski definition) is 1. The molecule has 1 atom stereocenters. The van der Waals surface area contributed by atoms with E-state index in [1.54, 1.807) is 0 Å². The van der Waals surface area contributed by atoms with E-state index in [1.807, 2.05) is 6.07 Å². The van der Waals surface area contributed by atoms with E-state index in [2.05, 4.69) is 30.0 Å². The van der Waals surface area contributed by atoms with Crippen molar-refractivity contribution in [1.82, 2.24) is 0 Å². The number of anilines is 1. The lowest BCUT2D eigenvalue weighted by molar-refractivity contribution is 0.521. The first kappa shape index (κ1) is 9.91. The Morgan fingerprint density at radius 3 is 3.07 bits per heavy atom. The van der Waals surface area contributed by atoms with E-state index < -0.39 is 0 Å². The second-order valence-corrected chi connectivity index (χ2v) is 5.18. The Labute approximate surface area is 90.1 Å². The van der Waals surface area contributed by atoms with Gasteiger partial charge in [-0.25, -0.2) is 0 Å². The second kappa shape index (κ2) is 4.74. The Hall–Kier alpha value is -0.630. The van der Waals surface area contributed by atoms with E-state index in [0.717, 1.165) is 11.6 Å². The van der Waals surface area contributed by atoms with Crippen molar-refractivity contribution in [3.05, 3.63) is 29.8 Å². The molecule has 14 heavy (non-hydrogen) atoms. The van der Waals surface area contributed by atoms with Crippen molar-refractivity contribution >= 4 is 17.4 Å². The minimum Gasteiger partial charge on any atom is -0.399 e. The molecule has 1 fully saturated rings. The van der Waals surface area contributed by atoms with Gasteiger partial charge in [-0.3, -0.25) is 0 Å². The molecule has 0 radical (unpaired) electrons. The van der Waals surface area contributed by atoms with Crippen LogP contribution in [0.3, 0.4) is 0 Å². The van der Waals surface area contributed by atoms with Gasteiger partial charge in [0.05, 0.1) is 0 Å². The summed E-state index contributed by atoms with van der Waals surface area (Å²) in [5, 5.41) is 0. The van der Waals surface area contributed by atoms with E-state index in [4.69, 9.17) is 5.73 Å². The van der Waals surface area contributed by atoms with Crippen LogP contribution in [0.4, 0.5) is 5.69 Å². The highest BCUT2D eigenvalue weighted by molar-refractivity contribution is 7.99. The molecule has 0 saturated carbocycles. The van der Waals surface area contributed by atoms with Crippen LogP contribution in [0, 0.1) is 5.92 Å². The highest BCUT2D eigenvalue weighted by atomic mass is 32.2. The van der Waals surface area contributed by atoms with Crippen molar-refractivity contribution in [2.45, 2.75) is 19.3 Å². The van der Waals surface area contributed by atoms with Crippen LogP contribution in [0.2, 0.25) is 0 Å². The van der Waals surface area contributed by atoms with Gasteiger partial charge >= 0.3 is 0 Å². The largest absolute Gasteiger partial charge is 0.399 e. The zero-order valence-electron chi connectivity index (χ0n) is 8.41. The first-order chi connectivity index (χ1) is 6.84. The zero-order chi connectivity index (χ0) is 9.80. The summed E-state index contributed by atoms with van der Waals surface area (Å²) in [6.07, 6.45) is 3.98. The number of benzene rings is 1. The van der Waals surface area contributed by atoms with E-state index in [0.29, 0.717) is 0 Å². The van der Waals surface area contributed by atoms with Crippen LogP contribution in [-0.4, -0.2) is 11.5 Å². The molecular formula is C12H17NS. The van der Waals surface area contributed by atoms with Crippen molar-refractivity contribution in [2.75, 3.05) is 17.2 Å². The summed E-state index contributed by atoms with van der Waals surface area (Å²) >= 11 is 2.10. The minimum absolute atomic E-state index is 0.871. The van der Waals surface area contributed by atoms with Gasteiger partial charge in [-0.1, -0.05) is 12.1 Å². The fraction of sp³-hybridized carbons (Fsp3) is 0.500. The summed E-state index contributed by atoms with van der Waals surface area (Å²) in [6.45, 7) is 0. The molecule has 1 heterocycles. The van der Waals surface area contributed by atoms with Gasteiger partial charge in [0.25, 0.3) is 0 Å². The number of thioether (sulfide) groups is 1. The van der Waals surface area contributed by atoms with Crippen molar-refractivity contribution in [2.24, 2.45) is 5.92 Å². The van der Waals surface area contributed by atoms with Crippen molar-refractivity contribution in [1.29, 1.82) is 0 Å². The van der Waals surface area contributed by atoms with Gasteiger partial charge in [-0.05, 0) is 54.4 Å². The normalized spacial score (nSPS) is 22.1. The molecule has 1 saturated heterocycles. The molecule has 1 nitrogen and oxygen atoms in total. The van der Waals surface area contributed by atoms with Gasteiger partial charge in [-0.15, -0.1) is 0 Å². The molecule has 0 aromatic heterocycles. The molecular weight excluding hydrogens is 190 g/mol. The maximum absolute atomic E-state index is 5.76. The number of nitrogen functional groups attached to an aromatic ring is 1. The molecule has 1 unspecified atom stereocenters. The monoisotopic (exact) mass is 207 g/mol. The quantitative estimate of drug-likeness (QED) is 0.755. The smallest absolute Gasteiger partial charge is 0.0316 e. The molecule has 1 aliphatic rings. The third-order valence-electron chi connectivity index (χ3n) is 2.73. The lowest BCUT2D eigenvalue weighted by Gasteiger charge is -2.21. The average molecular weight is 207 g/mol. The fourth-order valence-electron chi connectivity index (χ4n) is 2.02. The summed E-state index contributed by atoms with van der Waals surface area (Å²) in [6, 6.07) is 8.31. The standard InChI is InChI=1S/C12H17NS/c13-12-5-1-3-10(8-12)7-11-4-2-6-14-9-11/h1,3,5,8,11H,2,4,6-7,9,13H2. The van der Waals surface area contributed by atoms with Crippen LogP contribution in [0.1, 0.15) is 18.4 Å². The lowest BCUT2D eigenvalue weighted by Crippen LogP contribution is -2.13. The Morgan fingerprint density at radius 2 is 2.36 bits per heavy atom. The van der Waals surface area contributed by atoms with Crippen molar-refractivity contribution < 1.29 is 0 Å². The second-order valence-electron chi connectivity index (χ2n) is 4.03. The summed E-state index contributed by atoms with van der Waals surface area (Å²) in [5.74, 6) is 3.55. The molecule has 0 amide bonds. The molecule has 0 aliphatic carbocycles. The molecule has 2 heteroatoms. The third-order valence-corrected chi connectivity index (χ3v) is 4.01. The highest BCUT2D eigenvalue weighted by Crippen LogP contribution is 2.25. The van der Waals surface area contributed by atoms with Crippen LogP contribution < -0.4 is 5.73 Å². The Morgan fingerprint density at radius 1 is 1.43 bits per heavy atom. The summed E-state index contributed by atoms with van der Waals surface area (Å²) in [5.41, 5.74) is 8.05. The number of rotatable bonds is 2. The Kier molecular flexibility index (Phi) is 3.35. The van der Waals surface area contributed by atoms with Crippen LogP contribution in [0.15, 0.2) is 24.3 Å². The van der Waals surface area contributed by atoms with Gasteiger partial charge in [0.2, 0.25) is 0 Å². The average Bonchev–Trinajstić information content (AvgIpc) is 2.19. The maximum Gasteiger partial charge on any atom is 0.0316 e. The van der Waals surface area contributed by atoms with Crippen molar-refractivity contribution in [3.8, 4) is 0 Å². The zero-order valence-corrected chi connectivity index (χ0v) is 9.22.